The number of aromatic nitrogens is 1. The minimum Gasteiger partial charge on any atom is -0.353 e. The molecule has 0 bridgehead atoms. The van der Waals surface area contributed by atoms with Gasteiger partial charge in [-0.1, -0.05) is 30.3 Å². The van der Waals surface area contributed by atoms with Crippen molar-refractivity contribution in [2.45, 2.75) is 69.2 Å². The summed E-state index contributed by atoms with van der Waals surface area (Å²) in [6.07, 6.45) is 6.95. The van der Waals surface area contributed by atoms with Crippen LogP contribution in [-0.2, 0) is 10.2 Å². The average molecular weight is 418 g/mol. The quantitative estimate of drug-likeness (QED) is 0.814. The van der Waals surface area contributed by atoms with Crippen LogP contribution in [0.4, 0.5) is 0 Å². The van der Waals surface area contributed by atoms with E-state index in [-0.39, 0.29) is 23.1 Å². The van der Waals surface area contributed by atoms with Crippen LogP contribution < -0.4 is 5.32 Å². The molecule has 5 heteroatoms. The molecular weight excluding hydrogens is 386 g/mol. The Bertz CT molecular complexity index is 990. The van der Waals surface area contributed by atoms with Crippen LogP contribution in [0.3, 0.4) is 0 Å². The predicted octanol–water partition coefficient (Wildman–Crippen LogP) is 4.11. The smallest absolute Gasteiger partial charge is 0.272 e. The highest BCUT2D eigenvalue weighted by molar-refractivity contribution is 5.92. The van der Waals surface area contributed by atoms with Gasteiger partial charge in [-0.15, -0.1) is 0 Å². The summed E-state index contributed by atoms with van der Waals surface area (Å²) >= 11 is 0. The summed E-state index contributed by atoms with van der Waals surface area (Å²) in [5.41, 5.74) is 4.22. The number of carbonyl (C=O) groups is 2. The topological polar surface area (TPSA) is 62.3 Å². The van der Waals surface area contributed by atoms with Gasteiger partial charge in [0.05, 0.1) is 0 Å². The van der Waals surface area contributed by atoms with Crippen LogP contribution in [0.15, 0.2) is 42.5 Å². The number of hydrogen-bond donors (Lipinski definition) is 1. The molecule has 0 radical (unpaired) electrons. The molecule has 2 aliphatic carbocycles. The molecule has 1 N–H and O–H groups in total. The summed E-state index contributed by atoms with van der Waals surface area (Å²) in [6, 6.07) is 14.7. The Kier molecular flexibility index (Phi) is 5.28. The molecule has 2 amide bonds. The number of likely N-dealkylation sites (tertiary alicyclic amines) is 1. The molecule has 3 aliphatic rings. The number of aryl methyl sites for hydroxylation is 1. The second-order valence-corrected chi connectivity index (χ2v) is 9.62. The largest absolute Gasteiger partial charge is 0.353 e. The van der Waals surface area contributed by atoms with Gasteiger partial charge in [0.2, 0.25) is 5.91 Å². The molecule has 2 fully saturated rings. The van der Waals surface area contributed by atoms with Crippen molar-refractivity contribution in [2.75, 3.05) is 13.1 Å². The van der Waals surface area contributed by atoms with Gasteiger partial charge in [0.25, 0.3) is 5.91 Å². The Balaban J connectivity index is 1.29. The number of amides is 2. The van der Waals surface area contributed by atoms with Gasteiger partial charge in [-0.3, -0.25) is 9.59 Å². The van der Waals surface area contributed by atoms with E-state index in [1.54, 1.807) is 6.07 Å². The fourth-order valence-electron chi connectivity index (χ4n) is 5.71. The van der Waals surface area contributed by atoms with Crippen molar-refractivity contribution in [2.24, 2.45) is 0 Å². The van der Waals surface area contributed by atoms with Gasteiger partial charge in [0.15, 0.2) is 0 Å². The first-order valence-corrected chi connectivity index (χ1v) is 11.7. The highest BCUT2D eigenvalue weighted by Crippen LogP contribution is 2.52. The lowest BCUT2D eigenvalue weighted by Gasteiger charge is -2.40. The van der Waals surface area contributed by atoms with E-state index in [4.69, 9.17) is 0 Å². The number of nitrogens with one attached hydrogen (secondary N) is 1. The van der Waals surface area contributed by atoms with Crippen LogP contribution in [0.25, 0.3) is 0 Å². The third kappa shape index (κ3) is 3.86. The number of piperidine rings is 1. The molecule has 1 saturated carbocycles. The number of fused-ring (bicyclic) bond motifs is 2. The van der Waals surface area contributed by atoms with E-state index in [2.05, 4.69) is 34.6 Å². The maximum absolute atomic E-state index is 13.0. The molecule has 1 unspecified atom stereocenters. The molecular formula is C26H31N3O2. The lowest BCUT2D eigenvalue weighted by molar-refractivity contribution is -0.122. The Morgan fingerprint density at radius 2 is 1.87 bits per heavy atom. The second-order valence-electron chi connectivity index (χ2n) is 9.62. The van der Waals surface area contributed by atoms with Crippen molar-refractivity contribution in [3.8, 4) is 0 Å². The minimum absolute atomic E-state index is 0.0289. The van der Waals surface area contributed by atoms with Gasteiger partial charge >= 0.3 is 0 Å². The normalized spacial score (nSPS) is 22.1. The van der Waals surface area contributed by atoms with Gasteiger partial charge in [-0.25, -0.2) is 4.98 Å². The molecule has 1 spiro atoms. The molecule has 1 aromatic carbocycles. The van der Waals surface area contributed by atoms with Crippen molar-refractivity contribution >= 4 is 11.8 Å². The van der Waals surface area contributed by atoms with Crippen molar-refractivity contribution < 1.29 is 9.59 Å². The monoisotopic (exact) mass is 417 g/mol. The van der Waals surface area contributed by atoms with Gasteiger partial charge in [0.1, 0.15) is 5.69 Å². The number of rotatable bonds is 4. The summed E-state index contributed by atoms with van der Waals surface area (Å²) in [5.74, 6) is 0.498. The summed E-state index contributed by atoms with van der Waals surface area (Å²) in [4.78, 5) is 32.0. The van der Waals surface area contributed by atoms with E-state index < -0.39 is 0 Å². The molecule has 162 valence electrons. The summed E-state index contributed by atoms with van der Waals surface area (Å²) in [7, 11) is 0. The zero-order chi connectivity index (χ0) is 21.4. The maximum Gasteiger partial charge on any atom is 0.272 e. The molecule has 1 saturated heterocycles. The van der Waals surface area contributed by atoms with Gasteiger partial charge < -0.3 is 10.2 Å². The highest BCUT2D eigenvalue weighted by atomic mass is 16.2. The van der Waals surface area contributed by atoms with Gasteiger partial charge in [-0.2, -0.15) is 0 Å². The Morgan fingerprint density at radius 3 is 2.58 bits per heavy atom. The fourth-order valence-corrected chi connectivity index (χ4v) is 5.71. The number of benzene rings is 1. The van der Waals surface area contributed by atoms with E-state index in [9.17, 15) is 9.59 Å². The summed E-state index contributed by atoms with van der Waals surface area (Å²) < 4.78 is 0. The average Bonchev–Trinajstić information content (AvgIpc) is 3.04. The van der Waals surface area contributed by atoms with Crippen LogP contribution >= 0.6 is 0 Å². The van der Waals surface area contributed by atoms with E-state index in [1.165, 1.54) is 17.5 Å². The maximum atomic E-state index is 13.0. The second kappa shape index (κ2) is 8.10. The van der Waals surface area contributed by atoms with Crippen molar-refractivity contribution in [3.63, 3.8) is 0 Å². The van der Waals surface area contributed by atoms with Crippen molar-refractivity contribution in [1.29, 1.82) is 0 Å². The van der Waals surface area contributed by atoms with Gasteiger partial charge in [0, 0.05) is 31.2 Å². The minimum atomic E-state index is 0.0289. The molecule has 2 aromatic rings. The Morgan fingerprint density at radius 1 is 1.10 bits per heavy atom. The zero-order valence-electron chi connectivity index (χ0n) is 18.3. The Labute approximate surface area is 184 Å². The summed E-state index contributed by atoms with van der Waals surface area (Å²) in [5, 5.41) is 3.21. The number of pyridine rings is 1. The lowest BCUT2D eigenvalue weighted by Crippen LogP contribution is -2.44. The van der Waals surface area contributed by atoms with Gasteiger partial charge in [-0.05, 0) is 80.0 Å². The SMILES string of the molecule is Cc1cccc(C(=O)N2CCC3(CC2)CC(CC(=O)NC2CCC2)c2ccccc23)n1. The van der Waals surface area contributed by atoms with Crippen LogP contribution in [0.1, 0.15) is 78.2 Å². The molecule has 5 nitrogen and oxygen atoms in total. The van der Waals surface area contributed by atoms with Crippen molar-refractivity contribution in [1.82, 2.24) is 15.2 Å². The van der Waals surface area contributed by atoms with Crippen LogP contribution in [-0.4, -0.2) is 40.8 Å². The van der Waals surface area contributed by atoms with E-state index >= 15 is 0 Å². The molecule has 1 aromatic heterocycles. The molecule has 5 rings (SSSR count). The fraction of sp³-hybridized carbons (Fsp3) is 0.500. The molecule has 31 heavy (non-hydrogen) atoms. The van der Waals surface area contributed by atoms with Crippen molar-refractivity contribution in [3.05, 3.63) is 65.0 Å². The third-order valence-electron chi connectivity index (χ3n) is 7.63. The Hall–Kier alpha value is -2.69. The predicted molar refractivity (Wildman–Crippen MR) is 120 cm³/mol. The standard InChI is InChI=1S/C26H31N3O2/c1-18-6-4-11-23(27-18)25(31)29-14-12-26(13-15-29)17-19(21-9-2-3-10-22(21)26)16-24(30)28-20-7-5-8-20/h2-4,6,9-11,19-20H,5,7-8,12-17H2,1H3,(H,28,30). The van der Waals surface area contributed by atoms with E-state index in [0.29, 0.717) is 18.2 Å². The molecule has 1 atom stereocenters. The number of hydrogen-bond acceptors (Lipinski definition) is 3. The third-order valence-corrected chi connectivity index (χ3v) is 7.63. The molecule has 2 heterocycles. The van der Waals surface area contributed by atoms with E-state index in [0.717, 1.165) is 50.9 Å². The zero-order valence-corrected chi connectivity index (χ0v) is 18.3. The van der Waals surface area contributed by atoms with Crippen LogP contribution in [0, 0.1) is 6.92 Å². The first-order chi connectivity index (χ1) is 15.0. The first kappa shape index (κ1) is 20.2. The number of carbonyl (C=O) groups excluding carboxylic acids is 2. The first-order valence-electron chi connectivity index (χ1n) is 11.7. The summed E-state index contributed by atoms with van der Waals surface area (Å²) in [6.45, 7) is 3.40. The lowest BCUT2D eigenvalue weighted by atomic mass is 9.73. The van der Waals surface area contributed by atoms with Crippen LogP contribution in [0.5, 0.6) is 0 Å². The molecule has 1 aliphatic heterocycles. The highest BCUT2D eigenvalue weighted by Gasteiger charge is 2.46. The number of nitrogens with zero attached hydrogens (tertiary/aromatic N) is 2. The van der Waals surface area contributed by atoms with E-state index in [1.807, 2.05) is 24.0 Å². The van der Waals surface area contributed by atoms with Crippen LogP contribution in [0.2, 0.25) is 0 Å².